The second kappa shape index (κ2) is 8.19. The van der Waals surface area contributed by atoms with Gasteiger partial charge in [0.1, 0.15) is 6.04 Å². The van der Waals surface area contributed by atoms with E-state index in [1.165, 1.54) is 13.1 Å². The molecule has 0 spiro atoms. The summed E-state index contributed by atoms with van der Waals surface area (Å²) in [5.41, 5.74) is 3.44. The zero-order valence-corrected chi connectivity index (χ0v) is 17.5. The van der Waals surface area contributed by atoms with Crippen LogP contribution in [0.4, 0.5) is 5.69 Å². The molecule has 28 heavy (non-hydrogen) atoms. The van der Waals surface area contributed by atoms with Crippen LogP contribution in [0.2, 0.25) is 0 Å². The molecule has 2 aromatic carbocycles. The molecule has 1 aliphatic heterocycles. The molecule has 8 nitrogen and oxygen atoms in total. The van der Waals surface area contributed by atoms with E-state index in [2.05, 4.69) is 26.5 Å². The molecule has 1 amide bonds. The Morgan fingerprint density at radius 3 is 2.54 bits per heavy atom. The van der Waals surface area contributed by atoms with Gasteiger partial charge < -0.3 is 9.47 Å². The van der Waals surface area contributed by atoms with Crippen LogP contribution in [0.3, 0.4) is 0 Å². The van der Waals surface area contributed by atoms with Crippen LogP contribution >= 0.6 is 15.9 Å². The third-order valence-corrected chi connectivity index (χ3v) is 5.90. The molecule has 0 radical (unpaired) electrons. The number of sulfonamides is 1. The van der Waals surface area contributed by atoms with Gasteiger partial charge in [-0.05, 0) is 47.1 Å². The minimum absolute atomic E-state index is 0.150. The number of hydrazone groups is 1. The molecule has 0 aliphatic carbocycles. The smallest absolute Gasteiger partial charge is 0.263 e. The van der Waals surface area contributed by atoms with Crippen molar-refractivity contribution in [2.75, 3.05) is 17.4 Å². The Hall–Kier alpha value is -2.59. The zero-order chi connectivity index (χ0) is 20.3. The number of para-hydroxylation sites is 1. The van der Waals surface area contributed by atoms with Crippen LogP contribution in [-0.4, -0.2) is 39.6 Å². The molecule has 0 unspecified atom stereocenters. The predicted octanol–water partition coefficient (Wildman–Crippen LogP) is 2.48. The number of fused-ring (bicyclic) bond motifs is 1. The van der Waals surface area contributed by atoms with E-state index in [1.807, 2.05) is 0 Å². The molecule has 2 aromatic rings. The fourth-order valence-corrected chi connectivity index (χ4v) is 4.27. The number of amides is 1. The monoisotopic (exact) mass is 467 g/mol. The topological polar surface area (TPSA) is 97.3 Å². The third-order valence-electron chi connectivity index (χ3n) is 3.97. The van der Waals surface area contributed by atoms with Gasteiger partial charge in [0.25, 0.3) is 5.91 Å². The summed E-state index contributed by atoms with van der Waals surface area (Å²) in [7, 11) is -3.67. The second-order valence-electron chi connectivity index (χ2n) is 6.03. The first-order valence-electron chi connectivity index (χ1n) is 8.24. The summed E-state index contributed by atoms with van der Waals surface area (Å²) in [6.07, 6.45) is 2.49. The van der Waals surface area contributed by atoms with Crippen LogP contribution in [0.5, 0.6) is 11.5 Å². The quantitative estimate of drug-likeness (QED) is 0.519. The zero-order valence-electron chi connectivity index (χ0n) is 15.1. The fourth-order valence-electron chi connectivity index (χ4n) is 2.67. The largest absolute Gasteiger partial charge is 0.454 e. The maximum absolute atomic E-state index is 12.5. The van der Waals surface area contributed by atoms with Crippen molar-refractivity contribution in [1.29, 1.82) is 0 Å². The Labute approximate surface area is 171 Å². The van der Waals surface area contributed by atoms with E-state index in [0.29, 0.717) is 27.2 Å². The fraction of sp³-hybridized carbons (Fsp3) is 0.222. The Morgan fingerprint density at radius 1 is 1.25 bits per heavy atom. The lowest BCUT2D eigenvalue weighted by Gasteiger charge is -2.27. The Bertz CT molecular complexity index is 1010. The maximum Gasteiger partial charge on any atom is 0.263 e. The second-order valence-corrected chi connectivity index (χ2v) is 8.75. The normalized spacial score (nSPS) is 14.1. The molecule has 1 aliphatic rings. The molecule has 10 heteroatoms. The number of anilines is 1. The van der Waals surface area contributed by atoms with Gasteiger partial charge in [-0.3, -0.25) is 9.10 Å². The van der Waals surface area contributed by atoms with E-state index < -0.39 is 22.0 Å². The van der Waals surface area contributed by atoms with Crippen molar-refractivity contribution in [1.82, 2.24) is 5.43 Å². The van der Waals surface area contributed by atoms with Gasteiger partial charge in [0.05, 0.1) is 18.2 Å². The molecule has 148 valence electrons. The molecule has 0 fully saturated rings. The molecule has 1 heterocycles. The number of halogens is 1. The van der Waals surface area contributed by atoms with Crippen LogP contribution in [0, 0.1) is 0 Å². The number of benzene rings is 2. The lowest BCUT2D eigenvalue weighted by molar-refractivity contribution is -0.121. The number of carbonyl (C=O) groups is 1. The molecule has 1 N–H and O–H groups in total. The van der Waals surface area contributed by atoms with E-state index in [1.54, 1.807) is 42.5 Å². The standard InChI is InChI=1S/C18H18BrN3O5S/c1-12(22(28(2,24)25)14-6-4-3-5-7-14)18(23)21-20-10-13-8-16-17(9-15(13)19)27-11-26-16/h3-10,12H,11H2,1-2H3,(H,21,23)/b20-10-/t12-/m1/s1. The first kappa shape index (κ1) is 20.2. The highest BCUT2D eigenvalue weighted by Crippen LogP contribution is 2.36. The van der Waals surface area contributed by atoms with Crippen LogP contribution in [0.25, 0.3) is 0 Å². The molecule has 3 rings (SSSR count). The summed E-state index contributed by atoms with van der Waals surface area (Å²) in [5.74, 6) is 0.632. The third kappa shape index (κ3) is 4.45. The van der Waals surface area contributed by atoms with Gasteiger partial charge in [-0.1, -0.05) is 18.2 Å². The lowest BCUT2D eigenvalue weighted by atomic mass is 10.2. The van der Waals surface area contributed by atoms with Gasteiger partial charge >= 0.3 is 0 Å². The van der Waals surface area contributed by atoms with Crippen LogP contribution in [0.15, 0.2) is 52.0 Å². The average molecular weight is 468 g/mol. The summed E-state index contributed by atoms with van der Waals surface area (Å²) in [5, 5.41) is 3.93. The first-order valence-corrected chi connectivity index (χ1v) is 10.9. The number of rotatable bonds is 6. The maximum atomic E-state index is 12.5. The predicted molar refractivity (Wildman–Crippen MR) is 109 cm³/mol. The number of nitrogens with one attached hydrogen (secondary N) is 1. The van der Waals surface area contributed by atoms with Gasteiger partial charge in [0, 0.05) is 10.0 Å². The molecule has 0 saturated carbocycles. The van der Waals surface area contributed by atoms with E-state index in [4.69, 9.17) is 9.47 Å². The number of carbonyl (C=O) groups excluding carboxylic acids is 1. The van der Waals surface area contributed by atoms with Crippen molar-refractivity contribution < 1.29 is 22.7 Å². The van der Waals surface area contributed by atoms with Crippen molar-refractivity contribution in [3.05, 3.63) is 52.5 Å². The van der Waals surface area contributed by atoms with Crippen molar-refractivity contribution in [2.24, 2.45) is 5.10 Å². The highest BCUT2D eigenvalue weighted by Gasteiger charge is 2.28. The summed E-state index contributed by atoms with van der Waals surface area (Å²) < 4.78 is 36.8. The van der Waals surface area contributed by atoms with Gasteiger partial charge in [0.15, 0.2) is 11.5 Å². The Kier molecular flexibility index (Phi) is 5.90. The molecular formula is C18H18BrN3O5S. The molecule has 1 atom stereocenters. The minimum Gasteiger partial charge on any atom is -0.454 e. The van der Waals surface area contributed by atoms with Crippen molar-refractivity contribution in [2.45, 2.75) is 13.0 Å². The van der Waals surface area contributed by atoms with Crippen molar-refractivity contribution in [3.8, 4) is 11.5 Å². The molecule has 0 aromatic heterocycles. The van der Waals surface area contributed by atoms with Gasteiger partial charge in [-0.25, -0.2) is 13.8 Å². The van der Waals surface area contributed by atoms with E-state index >= 15 is 0 Å². The Morgan fingerprint density at radius 2 is 1.89 bits per heavy atom. The van der Waals surface area contributed by atoms with Crippen LogP contribution < -0.4 is 19.2 Å². The number of ether oxygens (including phenoxy) is 2. The molecule has 0 bridgehead atoms. The molecular weight excluding hydrogens is 450 g/mol. The highest BCUT2D eigenvalue weighted by molar-refractivity contribution is 9.10. The van der Waals surface area contributed by atoms with Gasteiger partial charge in [-0.2, -0.15) is 5.10 Å². The lowest BCUT2D eigenvalue weighted by Crippen LogP contribution is -2.46. The van der Waals surface area contributed by atoms with Crippen LogP contribution in [-0.2, 0) is 14.8 Å². The van der Waals surface area contributed by atoms with Crippen molar-refractivity contribution >= 4 is 43.8 Å². The highest BCUT2D eigenvalue weighted by atomic mass is 79.9. The summed E-state index contributed by atoms with van der Waals surface area (Å²) in [6, 6.07) is 10.9. The summed E-state index contributed by atoms with van der Waals surface area (Å²) >= 11 is 3.40. The summed E-state index contributed by atoms with van der Waals surface area (Å²) in [6.45, 7) is 1.65. The minimum atomic E-state index is -3.67. The number of hydrogen-bond donors (Lipinski definition) is 1. The SMILES string of the molecule is C[C@H](C(=O)N/N=C\c1cc2c(cc1Br)OCO2)N(c1ccccc1)S(C)(=O)=O. The van der Waals surface area contributed by atoms with Gasteiger partial charge in [-0.15, -0.1) is 0 Å². The van der Waals surface area contributed by atoms with E-state index in [-0.39, 0.29) is 6.79 Å². The van der Waals surface area contributed by atoms with Crippen LogP contribution in [0.1, 0.15) is 12.5 Å². The summed E-state index contributed by atoms with van der Waals surface area (Å²) in [4.78, 5) is 12.5. The number of nitrogens with zero attached hydrogens (tertiary/aromatic N) is 2. The number of hydrogen-bond acceptors (Lipinski definition) is 6. The Balaban J connectivity index is 1.74. The van der Waals surface area contributed by atoms with E-state index in [0.717, 1.165) is 10.6 Å². The molecule has 0 saturated heterocycles. The first-order chi connectivity index (χ1) is 13.3. The van der Waals surface area contributed by atoms with E-state index in [9.17, 15) is 13.2 Å². The van der Waals surface area contributed by atoms with Gasteiger partial charge in [0.2, 0.25) is 16.8 Å². The average Bonchev–Trinajstić information content (AvgIpc) is 3.08. The van der Waals surface area contributed by atoms with Crippen molar-refractivity contribution in [3.63, 3.8) is 0 Å².